The Morgan fingerprint density at radius 3 is 2.45 bits per heavy atom. The summed E-state index contributed by atoms with van der Waals surface area (Å²) in [6, 6.07) is 0. The number of hydrogen-bond acceptors (Lipinski definition) is 2. The molecule has 2 atom stereocenters. The lowest BCUT2D eigenvalue weighted by Gasteiger charge is -2.27. The average molecular weight is 156 g/mol. The molecule has 0 bridgehead atoms. The quantitative estimate of drug-likeness (QED) is 0.643. The molecule has 0 saturated heterocycles. The van der Waals surface area contributed by atoms with Crippen molar-refractivity contribution in [2.45, 2.75) is 32.1 Å². The smallest absolute Gasteiger partial charge is 0.00488 e. The van der Waals surface area contributed by atoms with Gasteiger partial charge in [-0.25, -0.2) is 0 Å². The van der Waals surface area contributed by atoms with E-state index in [9.17, 15) is 0 Å². The van der Waals surface area contributed by atoms with Crippen LogP contribution in [0.3, 0.4) is 0 Å². The van der Waals surface area contributed by atoms with Gasteiger partial charge in [0.25, 0.3) is 0 Å². The monoisotopic (exact) mass is 156 g/mol. The topological polar surface area (TPSA) is 52.0 Å². The Hall–Kier alpha value is -0.0800. The predicted molar refractivity (Wildman–Crippen MR) is 48.2 cm³/mol. The third-order valence-electron chi connectivity index (χ3n) is 2.80. The maximum absolute atomic E-state index is 5.63. The molecule has 0 amide bonds. The summed E-state index contributed by atoms with van der Waals surface area (Å²) < 4.78 is 0. The van der Waals surface area contributed by atoms with Crippen LogP contribution in [0.2, 0.25) is 0 Å². The lowest BCUT2D eigenvalue weighted by Crippen LogP contribution is -2.23. The van der Waals surface area contributed by atoms with Crippen molar-refractivity contribution >= 4 is 0 Å². The summed E-state index contributed by atoms with van der Waals surface area (Å²) in [4.78, 5) is 0. The van der Waals surface area contributed by atoms with Gasteiger partial charge in [0.05, 0.1) is 0 Å². The maximum atomic E-state index is 5.63. The van der Waals surface area contributed by atoms with Crippen molar-refractivity contribution in [3.05, 3.63) is 0 Å². The highest BCUT2D eigenvalue weighted by atomic mass is 14.6. The van der Waals surface area contributed by atoms with Gasteiger partial charge >= 0.3 is 0 Å². The van der Waals surface area contributed by atoms with E-state index in [-0.39, 0.29) is 0 Å². The summed E-state index contributed by atoms with van der Waals surface area (Å²) in [6.07, 6.45) is 6.63. The van der Waals surface area contributed by atoms with E-state index >= 15 is 0 Å². The van der Waals surface area contributed by atoms with Crippen LogP contribution in [-0.4, -0.2) is 13.1 Å². The molecular formula is C9H20N2. The fourth-order valence-corrected chi connectivity index (χ4v) is 2.11. The molecule has 1 aliphatic rings. The van der Waals surface area contributed by atoms with Crippen molar-refractivity contribution in [2.24, 2.45) is 23.3 Å². The van der Waals surface area contributed by atoms with Crippen LogP contribution in [0.15, 0.2) is 0 Å². The van der Waals surface area contributed by atoms with E-state index in [0.29, 0.717) is 0 Å². The van der Waals surface area contributed by atoms with Crippen molar-refractivity contribution in [1.82, 2.24) is 0 Å². The molecule has 0 aliphatic heterocycles. The molecule has 66 valence electrons. The lowest BCUT2D eigenvalue weighted by molar-refractivity contribution is 0.262. The van der Waals surface area contributed by atoms with Crippen LogP contribution >= 0.6 is 0 Å². The van der Waals surface area contributed by atoms with Crippen molar-refractivity contribution in [3.63, 3.8) is 0 Å². The van der Waals surface area contributed by atoms with E-state index in [1.165, 1.54) is 32.1 Å². The highest BCUT2D eigenvalue weighted by Gasteiger charge is 2.19. The Bertz CT molecular complexity index is 102. The van der Waals surface area contributed by atoms with Gasteiger partial charge in [-0.3, -0.25) is 0 Å². The van der Waals surface area contributed by atoms with E-state index in [4.69, 9.17) is 11.5 Å². The third-order valence-corrected chi connectivity index (χ3v) is 2.80. The molecular weight excluding hydrogens is 136 g/mol. The first-order valence-corrected chi connectivity index (χ1v) is 4.77. The summed E-state index contributed by atoms with van der Waals surface area (Å²) in [5.41, 5.74) is 11.1. The fourth-order valence-electron chi connectivity index (χ4n) is 2.11. The Morgan fingerprint density at radius 1 is 1.09 bits per heavy atom. The second-order valence-electron chi connectivity index (χ2n) is 3.71. The zero-order chi connectivity index (χ0) is 8.10. The third kappa shape index (κ3) is 2.80. The predicted octanol–water partition coefficient (Wildman–Crippen LogP) is 1.10. The summed E-state index contributed by atoms with van der Waals surface area (Å²) >= 11 is 0. The minimum atomic E-state index is 0.792. The van der Waals surface area contributed by atoms with Gasteiger partial charge in [-0.1, -0.05) is 12.8 Å². The highest BCUT2D eigenvalue weighted by Crippen LogP contribution is 2.29. The molecule has 0 aromatic carbocycles. The minimum Gasteiger partial charge on any atom is -0.330 e. The van der Waals surface area contributed by atoms with Crippen LogP contribution in [-0.2, 0) is 0 Å². The molecule has 1 aliphatic carbocycles. The number of hydrogen-bond donors (Lipinski definition) is 2. The summed E-state index contributed by atoms with van der Waals surface area (Å²) in [7, 11) is 0. The number of nitrogens with two attached hydrogens (primary N) is 2. The maximum Gasteiger partial charge on any atom is -0.00488 e. The molecule has 0 radical (unpaired) electrons. The van der Waals surface area contributed by atoms with Gasteiger partial charge in [0.2, 0.25) is 0 Å². The molecule has 1 rings (SSSR count). The first-order chi connectivity index (χ1) is 5.36. The Balaban J connectivity index is 2.21. The normalized spacial score (nSPS) is 32.2. The number of rotatable bonds is 3. The van der Waals surface area contributed by atoms with Gasteiger partial charge < -0.3 is 11.5 Å². The summed E-state index contributed by atoms with van der Waals surface area (Å²) in [5, 5.41) is 0. The van der Waals surface area contributed by atoms with Crippen molar-refractivity contribution in [2.75, 3.05) is 13.1 Å². The van der Waals surface area contributed by atoms with Gasteiger partial charge in [0.15, 0.2) is 0 Å². The average Bonchev–Trinajstić information content (AvgIpc) is 2.06. The van der Waals surface area contributed by atoms with E-state index < -0.39 is 0 Å². The summed E-state index contributed by atoms with van der Waals surface area (Å²) in [5.74, 6) is 1.67. The Morgan fingerprint density at radius 2 is 1.82 bits per heavy atom. The first kappa shape index (κ1) is 9.01. The molecule has 4 N–H and O–H groups in total. The second kappa shape index (κ2) is 4.73. The van der Waals surface area contributed by atoms with Crippen LogP contribution in [0, 0.1) is 11.8 Å². The largest absolute Gasteiger partial charge is 0.330 e. The fraction of sp³-hybridized carbons (Fsp3) is 1.00. The lowest BCUT2D eigenvalue weighted by atomic mass is 9.80. The van der Waals surface area contributed by atoms with Gasteiger partial charge in [-0.2, -0.15) is 0 Å². The van der Waals surface area contributed by atoms with Gasteiger partial charge in [0, 0.05) is 0 Å². The van der Waals surface area contributed by atoms with Crippen LogP contribution in [0.4, 0.5) is 0 Å². The standard InChI is InChI=1S/C9H20N2/c10-5-4-8-2-1-3-9(6-8)7-11/h8-9H,1-7,10-11H2. The molecule has 2 nitrogen and oxygen atoms in total. The molecule has 0 aromatic rings. The van der Waals surface area contributed by atoms with Crippen LogP contribution in [0.25, 0.3) is 0 Å². The van der Waals surface area contributed by atoms with Crippen LogP contribution < -0.4 is 11.5 Å². The van der Waals surface area contributed by atoms with Gasteiger partial charge in [-0.05, 0) is 44.2 Å². The van der Waals surface area contributed by atoms with Crippen molar-refractivity contribution < 1.29 is 0 Å². The van der Waals surface area contributed by atoms with E-state index in [0.717, 1.165) is 24.9 Å². The Labute approximate surface area is 69.3 Å². The molecule has 2 heteroatoms. The zero-order valence-corrected chi connectivity index (χ0v) is 7.26. The second-order valence-corrected chi connectivity index (χ2v) is 3.71. The molecule has 0 heterocycles. The van der Waals surface area contributed by atoms with Gasteiger partial charge in [0.1, 0.15) is 0 Å². The molecule has 11 heavy (non-hydrogen) atoms. The minimum absolute atomic E-state index is 0.792. The van der Waals surface area contributed by atoms with Gasteiger partial charge in [-0.15, -0.1) is 0 Å². The van der Waals surface area contributed by atoms with Crippen molar-refractivity contribution in [3.8, 4) is 0 Å². The van der Waals surface area contributed by atoms with E-state index in [2.05, 4.69) is 0 Å². The molecule has 2 unspecified atom stereocenters. The molecule has 1 saturated carbocycles. The molecule has 0 spiro atoms. The molecule has 1 fully saturated rings. The van der Waals surface area contributed by atoms with Crippen LogP contribution in [0.1, 0.15) is 32.1 Å². The van der Waals surface area contributed by atoms with E-state index in [1.807, 2.05) is 0 Å². The SMILES string of the molecule is NCCC1CCCC(CN)C1. The Kier molecular flexibility index (Phi) is 3.87. The zero-order valence-electron chi connectivity index (χ0n) is 7.26. The summed E-state index contributed by atoms with van der Waals surface area (Å²) in [6.45, 7) is 1.73. The van der Waals surface area contributed by atoms with Crippen molar-refractivity contribution in [1.29, 1.82) is 0 Å². The van der Waals surface area contributed by atoms with E-state index in [1.54, 1.807) is 0 Å². The highest BCUT2D eigenvalue weighted by molar-refractivity contribution is 4.73. The first-order valence-electron chi connectivity index (χ1n) is 4.77. The molecule has 0 aromatic heterocycles. The van der Waals surface area contributed by atoms with Crippen LogP contribution in [0.5, 0.6) is 0 Å².